The summed E-state index contributed by atoms with van der Waals surface area (Å²) in [7, 11) is 1.59. The molecule has 0 radical (unpaired) electrons. The van der Waals surface area contributed by atoms with Crippen LogP contribution in [0.25, 0.3) is 0 Å². The van der Waals surface area contributed by atoms with E-state index in [-0.39, 0.29) is 36.6 Å². The quantitative estimate of drug-likeness (QED) is 0.735. The molecule has 2 heterocycles. The molecule has 1 aromatic rings. The van der Waals surface area contributed by atoms with Crippen molar-refractivity contribution in [3.05, 3.63) is 35.4 Å². The fraction of sp³-hybridized carbons (Fsp3) is 0.550. The number of nitrogens with zero attached hydrogens (tertiary/aromatic N) is 3. The second kappa shape index (κ2) is 8.52. The number of amides is 3. The number of carbonyl (C=O) groups is 3. The molecule has 0 N–H and O–H groups in total. The van der Waals surface area contributed by atoms with Gasteiger partial charge in [-0.3, -0.25) is 14.4 Å². The Morgan fingerprint density at radius 2 is 1.85 bits per heavy atom. The maximum Gasteiger partial charge on any atom is 0.242 e. The summed E-state index contributed by atoms with van der Waals surface area (Å²) < 4.78 is 5.01. The van der Waals surface area contributed by atoms with E-state index in [1.54, 1.807) is 21.8 Å². The summed E-state index contributed by atoms with van der Waals surface area (Å²) in [6.07, 6.45) is 0.223. The van der Waals surface area contributed by atoms with Crippen molar-refractivity contribution >= 4 is 17.7 Å². The van der Waals surface area contributed by atoms with E-state index in [2.05, 4.69) is 0 Å². The fourth-order valence-electron chi connectivity index (χ4n) is 3.59. The molecule has 2 fully saturated rings. The molecule has 1 aromatic carbocycles. The van der Waals surface area contributed by atoms with Crippen LogP contribution >= 0.6 is 0 Å². The minimum atomic E-state index is -0.356. The van der Waals surface area contributed by atoms with Crippen LogP contribution in [-0.2, 0) is 25.7 Å². The molecule has 3 rings (SSSR count). The molecule has 2 aliphatic rings. The molecule has 7 heteroatoms. The van der Waals surface area contributed by atoms with Gasteiger partial charge in [-0.1, -0.05) is 29.8 Å². The van der Waals surface area contributed by atoms with Gasteiger partial charge in [0.15, 0.2) is 0 Å². The van der Waals surface area contributed by atoms with Gasteiger partial charge in [0.2, 0.25) is 17.7 Å². The van der Waals surface area contributed by atoms with Crippen LogP contribution in [0.1, 0.15) is 17.5 Å². The predicted octanol–water partition coefficient (Wildman–Crippen LogP) is 0.661. The zero-order chi connectivity index (χ0) is 19.4. The van der Waals surface area contributed by atoms with Crippen molar-refractivity contribution in [2.75, 3.05) is 46.4 Å². The van der Waals surface area contributed by atoms with E-state index in [1.165, 1.54) is 5.56 Å². The van der Waals surface area contributed by atoms with Gasteiger partial charge in [0.25, 0.3) is 0 Å². The monoisotopic (exact) mass is 373 g/mol. The summed E-state index contributed by atoms with van der Waals surface area (Å²) in [5, 5.41) is 0. The molecular formula is C20H27N3O4. The number of piperazine rings is 1. The summed E-state index contributed by atoms with van der Waals surface area (Å²) >= 11 is 0. The molecule has 0 unspecified atom stereocenters. The van der Waals surface area contributed by atoms with Gasteiger partial charge in [0.1, 0.15) is 0 Å². The Hall–Kier alpha value is -2.41. The second-order valence-electron chi connectivity index (χ2n) is 7.29. The Bertz CT molecular complexity index is 704. The lowest BCUT2D eigenvalue weighted by Gasteiger charge is -2.35. The van der Waals surface area contributed by atoms with Gasteiger partial charge < -0.3 is 19.4 Å². The number of methoxy groups -OCH3 is 1. The Balaban J connectivity index is 1.53. The number of hydrogen-bond donors (Lipinski definition) is 0. The van der Waals surface area contributed by atoms with Gasteiger partial charge in [-0.2, -0.15) is 0 Å². The van der Waals surface area contributed by atoms with E-state index in [4.69, 9.17) is 4.74 Å². The average Bonchev–Trinajstić information content (AvgIpc) is 3.03. The van der Waals surface area contributed by atoms with Crippen molar-refractivity contribution in [2.45, 2.75) is 19.9 Å². The predicted molar refractivity (Wildman–Crippen MR) is 99.7 cm³/mol. The first kappa shape index (κ1) is 19.4. The Kier molecular flexibility index (Phi) is 6.11. The normalized spacial score (nSPS) is 20.5. The van der Waals surface area contributed by atoms with Crippen LogP contribution in [0.2, 0.25) is 0 Å². The summed E-state index contributed by atoms with van der Waals surface area (Å²) in [6, 6.07) is 8.12. The molecule has 7 nitrogen and oxygen atoms in total. The van der Waals surface area contributed by atoms with Gasteiger partial charge in [-0.25, -0.2) is 0 Å². The number of ether oxygens (including phenoxy) is 1. The molecule has 0 spiro atoms. The minimum absolute atomic E-state index is 0.0188. The van der Waals surface area contributed by atoms with Gasteiger partial charge in [-0.05, 0) is 12.5 Å². The smallest absolute Gasteiger partial charge is 0.242 e. The second-order valence-corrected chi connectivity index (χ2v) is 7.29. The molecule has 2 aliphatic heterocycles. The SMILES string of the molecule is COCCN1C[C@H](C(=O)N2CCN(Cc3ccc(C)cc3)C(=O)C2)CC1=O. The van der Waals surface area contributed by atoms with Crippen molar-refractivity contribution in [3.8, 4) is 0 Å². The van der Waals surface area contributed by atoms with Gasteiger partial charge in [-0.15, -0.1) is 0 Å². The van der Waals surface area contributed by atoms with Crippen LogP contribution in [0, 0.1) is 12.8 Å². The molecule has 1 atom stereocenters. The number of aryl methyl sites for hydroxylation is 1. The number of benzene rings is 1. The molecular weight excluding hydrogens is 346 g/mol. The van der Waals surface area contributed by atoms with Crippen LogP contribution < -0.4 is 0 Å². The van der Waals surface area contributed by atoms with E-state index in [0.29, 0.717) is 39.3 Å². The molecule has 0 saturated carbocycles. The zero-order valence-corrected chi connectivity index (χ0v) is 16.0. The lowest BCUT2D eigenvalue weighted by Crippen LogP contribution is -2.53. The first-order valence-corrected chi connectivity index (χ1v) is 9.36. The van der Waals surface area contributed by atoms with Crippen molar-refractivity contribution in [1.29, 1.82) is 0 Å². The maximum absolute atomic E-state index is 12.8. The first-order chi connectivity index (χ1) is 13.0. The molecule has 0 bridgehead atoms. The lowest BCUT2D eigenvalue weighted by atomic mass is 10.1. The topological polar surface area (TPSA) is 70.2 Å². The third-order valence-electron chi connectivity index (χ3n) is 5.25. The number of likely N-dealkylation sites (tertiary alicyclic amines) is 1. The average molecular weight is 373 g/mol. The zero-order valence-electron chi connectivity index (χ0n) is 16.0. The largest absolute Gasteiger partial charge is 0.383 e. The molecule has 146 valence electrons. The lowest BCUT2D eigenvalue weighted by molar-refractivity contribution is -0.147. The summed E-state index contributed by atoms with van der Waals surface area (Å²) in [5.74, 6) is -0.511. The van der Waals surface area contributed by atoms with Crippen LogP contribution in [0.3, 0.4) is 0 Å². The van der Waals surface area contributed by atoms with Gasteiger partial charge >= 0.3 is 0 Å². The maximum atomic E-state index is 12.8. The standard InChI is InChI=1S/C20H27N3O4/c1-15-3-5-16(6-4-15)12-21-7-8-23(14-19(21)25)20(26)17-11-18(24)22(13-17)9-10-27-2/h3-6,17H,7-14H2,1-2H3/t17-/m1/s1. The number of rotatable bonds is 6. The van der Waals surface area contributed by atoms with Crippen molar-refractivity contribution in [3.63, 3.8) is 0 Å². The first-order valence-electron chi connectivity index (χ1n) is 9.36. The van der Waals surface area contributed by atoms with E-state index in [9.17, 15) is 14.4 Å². The summed E-state index contributed by atoms with van der Waals surface area (Å²) in [6.45, 7) is 5.10. The molecule has 0 aliphatic carbocycles. The van der Waals surface area contributed by atoms with Crippen LogP contribution in [0.15, 0.2) is 24.3 Å². The minimum Gasteiger partial charge on any atom is -0.383 e. The highest BCUT2D eigenvalue weighted by Gasteiger charge is 2.38. The van der Waals surface area contributed by atoms with Crippen LogP contribution in [-0.4, -0.2) is 78.9 Å². The van der Waals surface area contributed by atoms with E-state index in [0.717, 1.165) is 5.56 Å². The van der Waals surface area contributed by atoms with Crippen molar-refractivity contribution < 1.29 is 19.1 Å². The Morgan fingerprint density at radius 1 is 1.11 bits per heavy atom. The Morgan fingerprint density at radius 3 is 2.52 bits per heavy atom. The molecule has 27 heavy (non-hydrogen) atoms. The van der Waals surface area contributed by atoms with E-state index in [1.807, 2.05) is 31.2 Å². The van der Waals surface area contributed by atoms with Gasteiger partial charge in [0, 0.05) is 46.3 Å². The third-order valence-corrected chi connectivity index (χ3v) is 5.25. The molecule has 0 aromatic heterocycles. The highest BCUT2D eigenvalue weighted by atomic mass is 16.5. The summed E-state index contributed by atoms with van der Waals surface area (Å²) in [4.78, 5) is 42.4. The number of hydrogen-bond acceptors (Lipinski definition) is 4. The Labute approximate surface area is 159 Å². The van der Waals surface area contributed by atoms with Crippen molar-refractivity contribution in [1.82, 2.24) is 14.7 Å². The highest BCUT2D eigenvalue weighted by molar-refractivity contribution is 5.92. The third kappa shape index (κ3) is 4.66. The number of carbonyl (C=O) groups excluding carboxylic acids is 3. The van der Waals surface area contributed by atoms with Crippen LogP contribution in [0.5, 0.6) is 0 Å². The van der Waals surface area contributed by atoms with Crippen molar-refractivity contribution in [2.24, 2.45) is 5.92 Å². The molecule has 2 saturated heterocycles. The van der Waals surface area contributed by atoms with E-state index >= 15 is 0 Å². The highest BCUT2D eigenvalue weighted by Crippen LogP contribution is 2.21. The molecule has 3 amide bonds. The fourth-order valence-corrected chi connectivity index (χ4v) is 3.59. The summed E-state index contributed by atoms with van der Waals surface area (Å²) in [5.41, 5.74) is 2.27. The van der Waals surface area contributed by atoms with Crippen LogP contribution in [0.4, 0.5) is 0 Å². The van der Waals surface area contributed by atoms with Gasteiger partial charge in [0.05, 0.1) is 19.1 Å². The van der Waals surface area contributed by atoms with E-state index < -0.39 is 0 Å².